The molecule has 1 aromatic carbocycles. The molecule has 0 atom stereocenters. The van der Waals surface area contributed by atoms with E-state index < -0.39 is 0 Å². The van der Waals surface area contributed by atoms with Gasteiger partial charge in [0.1, 0.15) is 0 Å². The lowest BCUT2D eigenvalue weighted by Gasteiger charge is -2.04. The number of hydrogen-bond acceptors (Lipinski definition) is 5. The van der Waals surface area contributed by atoms with Crippen molar-refractivity contribution in [2.75, 3.05) is 5.84 Å². The van der Waals surface area contributed by atoms with Crippen LogP contribution in [0.1, 0.15) is 11.3 Å². The van der Waals surface area contributed by atoms with Gasteiger partial charge in [-0.3, -0.25) is 4.98 Å². The number of nitrogens with zero attached hydrogens (tertiary/aromatic N) is 4. The standard InChI is InChI=1S/C15H15N5S/c1-11-5-7-12(8-6-11)14-18-19-15(20(14)16)21-10-13-4-2-3-9-17-13/h2-9H,10,16H2,1H3. The Kier molecular flexibility index (Phi) is 3.87. The van der Waals surface area contributed by atoms with Gasteiger partial charge in [-0.2, -0.15) is 0 Å². The number of pyridine rings is 1. The van der Waals surface area contributed by atoms with E-state index in [1.165, 1.54) is 22.0 Å². The number of rotatable bonds is 4. The topological polar surface area (TPSA) is 69.6 Å². The van der Waals surface area contributed by atoms with Gasteiger partial charge < -0.3 is 5.84 Å². The van der Waals surface area contributed by atoms with Crippen molar-refractivity contribution < 1.29 is 0 Å². The Morgan fingerprint density at radius 2 is 1.90 bits per heavy atom. The molecule has 0 fully saturated rings. The Morgan fingerprint density at radius 1 is 1.10 bits per heavy atom. The molecule has 0 saturated carbocycles. The Bertz CT molecular complexity index is 722. The lowest BCUT2D eigenvalue weighted by atomic mass is 10.1. The fourth-order valence-electron chi connectivity index (χ4n) is 1.90. The fraction of sp³-hybridized carbons (Fsp3) is 0.133. The maximum absolute atomic E-state index is 6.09. The summed E-state index contributed by atoms with van der Waals surface area (Å²) in [6, 6.07) is 13.9. The second kappa shape index (κ2) is 5.97. The molecule has 0 bridgehead atoms. The quantitative estimate of drug-likeness (QED) is 0.592. The molecule has 0 spiro atoms. The number of thioether (sulfide) groups is 1. The van der Waals surface area contributed by atoms with Crippen LogP contribution in [-0.4, -0.2) is 19.9 Å². The van der Waals surface area contributed by atoms with Crippen molar-refractivity contribution in [2.24, 2.45) is 0 Å². The predicted octanol–water partition coefficient (Wildman–Crippen LogP) is 2.65. The van der Waals surface area contributed by atoms with Crippen LogP contribution in [0.2, 0.25) is 0 Å². The smallest absolute Gasteiger partial charge is 0.210 e. The first kappa shape index (κ1) is 13.6. The Morgan fingerprint density at radius 3 is 2.62 bits per heavy atom. The first-order chi connectivity index (χ1) is 10.2. The minimum Gasteiger partial charge on any atom is -0.335 e. The van der Waals surface area contributed by atoms with E-state index in [1.54, 1.807) is 6.20 Å². The van der Waals surface area contributed by atoms with E-state index in [1.807, 2.05) is 49.4 Å². The van der Waals surface area contributed by atoms with E-state index in [2.05, 4.69) is 15.2 Å². The number of nitrogens with two attached hydrogens (primary N) is 1. The van der Waals surface area contributed by atoms with Crippen LogP contribution in [0.15, 0.2) is 53.8 Å². The fourth-order valence-corrected chi connectivity index (χ4v) is 2.67. The Labute approximate surface area is 127 Å². The first-order valence-corrected chi connectivity index (χ1v) is 7.53. The molecule has 2 N–H and O–H groups in total. The third-order valence-corrected chi connectivity index (χ3v) is 4.03. The Balaban J connectivity index is 1.78. The predicted molar refractivity (Wildman–Crippen MR) is 84.1 cm³/mol. The molecule has 6 heteroatoms. The zero-order chi connectivity index (χ0) is 14.7. The molecule has 0 saturated heterocycles. The van der Waals surface area contributed by atoms with Gasteiger partial charge in [-0.1, -0.05) is 47.7 Å². The van der Waals surface area contributed by atoms with Crippen LogP contribution in [0.3, 0.4) is 0 Å². The van der Waals surface area contributed by atoms with E-state index in [4.69, 9.17) is 5.84 Å². The molecule has 106 valence electrons. The summed E-state index contributed by atoms with van der Waals surface area (Å²) in [5.74, 6) is 7.47. The summed E-state index contributed by atoms with van der Waals surface area (Å²) in [7, 11) is 0. The molecule has 3 aromatic rings. The van der Waals surface area contributed by atoms with Crippen molar-refractivity contribution in [3.63, 3.8) is 0 Å². The average molecular weight is 297 g/mol. The maximum atomic E-state index is 6.09. The van der Waals surface area contributed by atoms with Gasteiger partial charge in [0.2, 0.25) is 5.16 Å². The molecule has 0 aliphatic heterocycles. The van der Waals surface area contributed by atoms with Gasteiger partial charge in [-0.15, -0.1) is 10.2 Å². The van der Waals surface area contributed by atoms with Crippen LogP contribution in [0.5, 0.6) is 0 Å². The Hall–Kier alpha value is -2.34. The van der Waals surface area contributed by atoms with Crippen molar-refractivity contribution in [2.45, 2.75) is 17.8 Å². The molecule has 5 nitrogen and oxygen atoms in total. The zero-order valence-electron chi connectivity index (χ0n) is 11.6. The highest BCUT2D eigenvalue weighted by molar-refractivity contribution is 7.98. The molecular weight excluding hydrogens is 282 g/mol. The maximum Gasteiger partial charge on any atom is 0.210 e. The molecule has 0 unspecified atom stereocenters. The molecule has 3 rings (SSSR count). The minimum absolute atomic E-state index is 0.665. The number of aryl methyl sites for hydroxylation is 1. The molecule has 0 amide bonds. The molecule has 0 radical (unpaired) electrons. The lowest BCUT2D eigenvalue weighted by Crippen LogP contribution is -2.11. The minimum atomic E-state index is 0.665. The number of benzene rings is 1. The van der Waals surface area contributed by atoms with Gasteiger partial charge in [0.25, 0.3) is 0 Å². The largest absolute Gasteiger partial charge is 0.335 e. The van der Waals surface area contributed by atoms with E-state index in [9.17, 15) is 0 Å². The van der Waals surface area contributed by atoms with Crippen LogP contribution in [0, 0.1) is 6.92 Å². The van der Waals surface area contributed by atoms with Crippen molar-refractivity contribution in [1.29, 1.82) is 0 Å². The van der Waals surface area contributed by atoms with Crippen molar-refractivity contribution in [3.8, 4) is 11.4 Å². The van der Waals surface area contributed by atoms with Gasteiger partial charge in [0.05, 0.1) is 5.69 Å². The zero-order valence-corrected chi connectivity index (χ0v) is 12.4. The number of hydrogen-bond donors (Lipinski definition) is 1. The molecular formula is C15H15N5S. The van der Waals surface area contributed by atoms with Gasteiger partial charge in [-0.05, 0) is 19.1 Å². The van der Waals surface area contributed by atoms with Crippen LogP contribution >= 0.6 is 11.8 Å². The van der Waals surface area contributed by atoms with Crippen LogP contribution in [-0.2, 0) is 5.75 Å². The van der Waals surface area contributed by atoms with Gasteiger partial charge in [0, 0.05) is 17.5 Å². The first-order valence-electron chi connectivity index (χ1n) is 6.54. The summed E-state index contributed by atoms with van der Waals surface area (Å²) in [4.78, 5) is 4.28. The number of aromatic nitrogens is 4. The van der Waals surface area contributed by atoms with Gasteiger partial charge in [-0.25, -0.2) is 4.68 Å². The summed E-state index contributed by atoms with van der Waals surface area (Å²) in [5.41, 5.74) is 3.15. The van der Waals surface area contributed by atoms with E-state index in [-0.39, 0.29) is 0 Å². The van der Waals surface area contributed by atoms with Crippen molar-refractivity contribution in [1.82, 2.24) is 19.9 Å². The highest BCUT2D eigenvalue weighted by Gasteiger charge is 2.12. The van der Waals surface area contributed by atoms with Gasteiger partial charge in [0.15, 0.2) is 5.82 Å². The second-order valence-corrected chi connectivity index (χ2v) is 5.59. The summed E-state index contributed by atoms with van der Waals surface area (Å²) in [6.45, 7) is 2.05. The molecule has 21 heavy (non-hydrogen) atoms. The van der Waals surface area contributed by atoms with Crippen molar-refractivity contribution >= 4 is 11.8 Å². The normalized spacial score (nSPS) is 10.7. The van der Waals surface area contributed by atoms with Gasteiger partial charge >= 0.3 is 0 Å². The van der Waals surface area contributed by atoms with Crippen LogP contribution in [0.25, 0.3) is 11.4 Å². The third kappa shape index (κ3) is 3.05. The van der Waals surface area contributed by atoms with Crippen molar-refractivity contribution in [3.05, 3.63) is 59.9 Å². The second-order valence-electron chi connectivity index (χ2n) is 4.65. The highest BCUT2D eigenvalue weighted by atomic mass is 32.2. The number of nitrogen functional groups attached to an aromatic ring is 1. The SMILES string of the molecule is Cc1ccc(-c2nnc(SCc3ccccn3)n2N)cc1. The summed E-state index contributed by atoms with van der Waals surface area (Å²) in [5, 5.41) is 9.00. The van der Waals surface area contributed by atoms with E-state index in [0.29, 0.717) is 16.7 Å². The molecule has 0 aliphatic rings. The average Bonchev–Trinajstić information content (AvgIpc) is 2.88. The molecule has 2 heterocycles. The summed E-state index contributed by atoms with van der Waals surface area (Å²) in [6.07, 6.45) is 1.78. The lowest BCUT2D eigenvalue weighted by molar-refractivity contribution is 0.849. The van der Waals surface area contributed by atoms with Crippen LogP contribution < -0.4 is 5.84 Å². The van der Waals surface area contributed by atoms with E-state index >= 15 is 0 Å². The van der Waals surface area contributed by atoms with E-state index in [0.717, 1.165) is 11.3 Å². The monoisotopic (exact) mass is 297 g/mol. The third-order valence-electron chi connectivity index (χ3n) is 3.05. The van der Waals surface area contributed by atoms with Crippen LogP contribution in [0.4, 0.5) is 0 Å². The summed E-state index contributed by atoms with van der Waals surface area (Å²) >= 11 is 1.52. The summed E-state index contributed by atoms with van der Waals surface area (Å²) < 4.78 is 1.53. The molecule has 0 aliphatic carbocycles. The highest BCUT2D eigenvalue weighted by Crippen LogP contribution is 2.23. The molecule has 2 aromatic heterocycles.